The van der Waals surface area contributed by atoms with Crippen molar-refractivity contribution >= 4 is 34.1 Å². The maximum atomic E-state index is 15.0. The van der Waals surface area contributed by atoms with E-state index in [0.717, 1.165) is 5.56 Å². The molecule has 0 radical (unpaired) electrons. The van der Waals surface area contributed by atoms with Crippen LogP contribution in [-0.4, -0.2) is 79.6 Å². The van der Waals surface area contributed by atoms with Crippen molar-refractivity contribution in [3.8, 4) is 11.5 Å². The highest BCUT2D eigenvalue weighted by atomic mass is 19.1. The van der Waals surface area contributed by atoms with E-state index in [1.807, 2.05) is 30.3 Å². The third-order valence-electron chi connectivity index (χ3n) is 9.43. The van der Waals surface area contributed by atoms with Crippen molar-refractivity contribution in [2.75, 3.05) is 13.1 Å². The number of amides is 2. The van der Waals surface area contributed by atoms with Crippen molar-refractivity contribution in [2.45, 2.75) is 83.2 Å². The van der Waals surface area contributed by atoms with Crippen molar-refractivity contribution in [2.24, 2.45) is 0 Å². The van der Waals surface area contributed by atoms with Gasteiger partial charge in [0, 0.05) is 42.4 Å². The van der Waals surface area contributed by atoms with Gasteiger partial charge in [0.05, 0.1) is 35.9 Å². The van der Waals surface area contributed by atoms with E-state index in [-0.39, 0.29) is 45.5 Å². The number of nitrogens with one attached hydrogen (secondary N) is 1. The molecule has 2 aromatic heterocycles. The predicted octanol–water partition coefficient (Wildman–Crippen LogP) is 8.10. The number of hydrogen-bond donors (Lipinski definition) is 1. The average molecular weight is 706 g/mol. The van der Waals surface area contributed by atoms with Gasteiger partial charge in [-0.05, 0) is 68.7 Å². The van der Waals surface area contributed by atoms with E-state index in [9.17, 15) is 22.8 Å². The number of likely N-dealkylation sites (tertiary alicyclic amines) is 2. The summed E-state index contributed by atoms with van der Waals surface area (Å²) >= 11 is 0. The molecule has 2 saturated heterocycles. The van der Waals surface area contributed by atoms with E-state index in [2.05, 4.69) is 4.98 Å². The Hall–Kier alpha value is -5.07. The molecule has 0 saturated carbocycles. The zero-order valence-corrected chi connectivity index (χ0v) is 28.5. The van der Waals surface area contributed by atoms with Gasteiger partial charge in [0.15, 0.2) is 5.82 Å². The second kappa shape index (κ2) is 13.6. The predicted molar refractivity (Wildman–Crippen MR) is 184 cm³/mol. The molecule has 2 aliphatic heterocycles. The lowest BCUT2D eigenvalue weighted by Gasteiger charge is -2.29. The molecule has 2 amide bonds. The van der Waals surface area contributed by atoms with E-state index >= 15 is 4.39 Å². The van der Waals surface area contributed by atoms with Crippen molar-refractivity contribution in [1.82, 2.24) is 24.3 Å². The summed E-state index contributed by atoms with van der Waals surface area (Å²) in [4.78, 5) is 37.4. The number of fused-ring (bicyclic) bond motifs is 2. The van der Waals surface area contributed by atoms with Gasteiger partial charge in [-0.25, -0.2) is 32.1 Å². The fourth-order valence-electron chi connectivity index (χ4n) is 7.21. The number of imidazole rings is 1. The number of hydrogen-bond acceptors (Lipinski definition) is 5. The zero-order chi connectivity index (χ0) is 36.0. The van der Waals surface area contributed by atoms with Gasteiger partial charge in [-0.2, -0.15) is 0 Å². The maximum Gasteiger partial charge on any atom is 0.410 e. The minimum atomic E-state index is -1.28. The highest BCUT2D eigenvalue weighted by Crippen LogP contribution is 2.37. The summed E-state index contributed by atoms with van der Waals surface area (Å²) in [6.07, 6.45) is -3.60. The standard InChI is InChI=1S/C38H39F4N5O4/c1-38(2,3)51-37(49)46-19-26(42)14-28(46)20-47-33-12-10-24(40)16-32(33)44-35(47)34-30(29-11-9-23(39)15-31(29)43-34)17-27-13-25(41)18-45(27)36(48)50-21-22-7-5-4-6-8-22/h4-12,15-16,25-28,43H,13-14,17-21H2,1-3H3/t25-,26-,27-,28-/m0/s1. The first-order valence-corrected chi connectivity index (χ1v) is 17.0. The number of nitrogens with zero attached hydrogens (tertiary/aromatic N) is 4. The number of carbonyl (C=O) groups is 2. The van der Waals surface area contributed by atoms with Gasteiger partial charge >= 0.3 is 12.2 Å². The molecular weight excluding hydrogens is 666 g/mol. The lowest BCUT2D eigenvalue weighted by Crippen LogP contribution is -2.41. The van der Waals surface area contributed by atoms with Crippen LogP contribution in [-0.2, 0) is 29.0 Å². The van der Waals surface area contributed by atoms with Crippen LogP contribution in [0, 0.1) is 11.6 Å². The molecule has 7 rings (SSSR count). The second-order valence-corrected chi connectivity index (χ2v) is 14.4. The van der Waals surface area contributed by atoms with Gasteiger partial charge in [0.1, 0.15) is 36.2 Å². The lowest BCUT2D eigenvalue weighted by atomic mass is 10.00. The average Bonchev–Trinajstić information content (AvgIpc) is 3.82. The van der Waals surface area contributed by atoms with Crippen LogP contribution in [0.15, 0.2) is 66.7 Å². The SMILES string of the molecule is CC(C)(C)OC(=O)N1C[C@@H](F)C[C@H]1Cn1c(-c2[nH]c3cc(F)ccc3c2C[C@@H]2C[C@H](F)CN2C(=O)OCc2ccccc2)nc2cc(F)ccc21. The van der Waals surface area contributed by atoms with Crippen LogP contribution in [0.4, 0.5) is 27.2 Å². The fourth-order valence-corrected chi connectivity index (χ4v) is 7.21. The third-order valence-corrected chi connectivity index (χ3v) is 9.43. The Morgan fingerprint density at radius 3 is 2.27 bits per heavy atom. The highest BCUT2D eigenvalue weighted by Gasteiger charge is 2.40. The Balaban J connectivity index is 1.27. The number of aromatic nitrogens is 3. The minimum absolute atomic E-state index is 0.0270. The summed E-state index contributed by atoms with van der Waals surface area (Å²) in [5.41, 5.74) is 2.38. The molecule has 1 N–H and O–H groups in total. The van der Waals surface area contributed by atoms with Crippen LogP contribution < -0.4 is 0 Å². The van der Waals surface area contributed by atoms with E-state index in [1.165, 1.54) is 34.1 Å². The number of H-pyrrole nitrogens is 1. The van der Waals surface area contributed by atoms with Gasteiger partial charge in [-0.3, -0.25) is 0 Å². The van der Waals surface area contributed by atoms with Crippen LogP contribution in [0.2, 0.25) is 0 Å². The smallest absolute Gasteiger partial charge is 0.410 e. The van der Waals surface area contributed by atoms with Crippen LogP contribution in [0.3, 0.4) is 0 Å². The van der Waals surface area contributed by atoms with Crippen LogP contribution in [0.1, 0.15) is 44.7 Å². The van der Waals surface area contributed by atoms with Gasteiger partial charge in [0.25, 0.3) is 0 Å². The molecule has 4 heterocycles. The summed E-state index contributed by atoms with van der Waals surface area (Å²) < 4.78 is 72.1. The Morgan fingerprint density at radius 2 is 1.55 bits per heavy atom. The lowest BCUT2D eigenvalue weighted by molar-refractivity contribution is 0.0207. The third kappa shape index (κ3) is 7.24. The van der Waals surface area contributed by atoms with E-state index < -0.39 is 53.8 Å². The van der Waals surface area contributed by atoms with Gasteiger partial charge in [-0.15, -0.1) is 0 Å². The Labute approximate surface area is 292 Å². The van der Waals surface area contributed by atoms with E-state index in [1.54, 1.807) is 37.5 Å². The molecule has 0 unspecified atom stereocenters. The first-order chi connectivity index (χ1) is 24.3. The fraction of sp³-hybridized carbons (Fsp3) is 0.395. The molecule has 9 nitrogen and oxygen atoms in total. The van der Waals surface area contributed by atoms with Crippen molar-refractivity contribution in [3.05, 3.63) is 89.5 Å². The second-order valence-electron chi connectivity index (χ2n) is 14.4. The van der Waals surface area contributed by atoms with Crippen molar-refractivity contribution < 1.29 is 36.6 Å². The summed E-state index contributed by atoms with van der Waals surface area (Å²) in [5.74, 6) is -0.662. The number of ether oxygens (including phenoxy) is 2. The quantitative estimate of drug-likeness (QED) is 0.173. The zero-order valence-electron chi connectivity index (χ0n) is 28.5. The van der Waals surface area contributed by atoms with E-state index in [0.29, 0.717) is 39.0 Å². The molecule has 51 heavy (non-hydrogen) atoms. The molecule has 13 heteroatoms. The molecule has 3 aromatic carbocycles. The number of aromatic amines is 1. The van der Waals surface area contributed by atoms with Gasteiger partial charge in [-0.1, -0.05) is 30.3 Å². The van der Waals surface area contributed by atoms with E-state index in [4.69, 9.17) is 14.5 Å². The Kier molecular flexibility index (Phi) is 9.15. The topological polar surface area (TPSA) is 92.7 Å². The number of rotatable bonds is 7. The van der Waals surface area contributed by atoms with Gasteiger partial charge < -0.3 is 28.8 Å². The molecule has 2 aliphatic rings. The molecule has 5 aromatic rings. The van der Waals surface area contributed by atoms with Crippen LogP contribution >= 0.6 is 0 Å². The minimum Gasteiger partial charge on any atom is -0.445 e. The largest absolute Gasteiger partial charge is 0.445 e. The van der Waals surface area contributed by atoms with Gasteiger partial charge in [0.2, 0.25) is 0 Å². The first-order valence-electron chi connectivity index (χ1n) is 17.0. The monoisotopic (exact) mass is 705 g/mol. The van der Waals surface area contributed by atoms with Crippen LogP contribution in [0.25, 0.3) is 33.5 Å². The number of halogens is 4. The molecule has 0 spiro atoms. The number of alkyl halides is 2. The molecule has 0 aliphatic carbocycles. The summed E-state index contributed by atoms with van der Waals surface area (Å²) in [7, 11) is 0. The normalized spacial score (nSPS) is 20.8. The molecule has 268 valence electrons. The Morgan fingerprint density at radius 1 is 0.882 bits per heavy atom. The highest BCUT2D eigenvalue weighted by molar-refractivity contribution is 5.92. The number of carbonyl (C=O) groups excluding carboxylic acids is 2. The molecule has 4 atom stereocenters. The number of benzene rings is 3. The van der Waals surface area contributed by atoms with Crippen LogP contribution in [0.5, 0.6) is 0 Å². The van der Waals surface area contributed by atoms with Crippen molar-refractivity contribution in [3.63, 3.8) is 0 Å². The molecule has 2 fully saturated rings. The molecular formula is C38H39F4N5O4. The van der Waals surface area contributed by atoms with Crippen molar-refractivity contribution in [1.29, 1.82) is 0 Å². The molecule has 0 bridgehead atoms. The summed E-state index contributed by atoms with van der Waals surface area (Å²) in [5, 5.41) is 0.635. The summed E-state index contributed by atoms with van der Waals surface area (Å²) in [6, 6.07) is 16.4. The first kappa shape index (κ1) is 34.4. The maximum absolute atomic E-state index is 15.0. The summed E-state index contributed by atoms with van der Waals surface area (Å²) in [6.45, 7) is 5.04. The Bertz CT molecular complexity index is 2080.